The molecule has 0 N–H and O–H groups in total. The zero-order valence-corrected chi connectivity index (χ0v) is 19.9. The third-order valence-corrected chi connectivity index (χ3v) is 7.05. The molecular weight excluding hydrogens is 428 g/mol. The van der Waals surface area contributed by atoms with E-state index in [1.165, 1.54) is 16.8 Å². The lowest BCUT2D eigenvalue weighted by molar-refractivity contribution is -0.305. The van der Waals surface area contributed by atoms with Crippen LogP contribution in [0.3, 0.4) is 0 Å². The van der Waals surface area contributed by atoms with Crippen molar-refractivity contribution in [3.8, 4) is 0 Å². The summed E-state index contributed by atoms with van der Waals surface area (Å²) < 4.78 is 3.96. The molecule has 5 rings (SSSR count). The number of benzene rings is 2. The second kappa shape index (κ2) is 9.02. The molecule has 8 heteroatoms. The number of carboxylic acid groups (broad SMARTS) is 1. The Morgan fingerprint density at radius 2 is 2.03 bits per heavy atom. The van der Waals surface area contributed by atoms with Crippen molar-refractivity contribution in [2.75, 3.05) is 6.54 Å². The van der Waals surface area contributed by atoms with Gasteiger partial charge in [0.1, 0.15) is 5.52 Å². The number of fused-ring (bicyclic) bond motifs is 2. The van der Waals surface area contributed by atoms with Crippen LogP contribution in [0.5, 0.6) is 0 Å². The van der Waals surface area contributed by atoms with Gasteiger partial charge in [-0.15, -0.1) is 5.10 Å². The number of carbonyl (C=O) groups is 1. The largest absolute Gasteiger partial charge is 0.550 e. The predicted molar refractivity (Wildman–Crippen MR) is 127 cm³/mol. The number of hydrogen-bond acceptors (Lipinski definition) is 6. The lowest BCUT2D eigenvalue weighted by Gasteiger charge is -2.24. The zero-order valence-electron chi connectivity index (χ0n) is 19.9. The summed E-state index contributed by atoms with van der Waals surface area (Å²) in [6.45, 7) is 7.77. The predicted octanol–water partition coefficient (Wildman–Crippen LogP) is 2.46. The highest BCUT2D eigenvalue weighted by Gasteiger charge is 2.21. The van der Waals surface area contributed by atoms with E-state index in [1.54, 1.807) is 4.68 Å². The minimum atomic E-state index is -1.06. The monoisotopic (exact) mass is 457 g/mol. The maximum absolute atomic E-state index is 11.8. The molecule has 2 aromatic heterocycles. The fraction of sp³-hybridized carbons (Fsp3) is 0.385. The van der Waals surface area contributed by atoms with Gasteiger partial charge in [-0.2, -0.15) is 0 Å². The van der Waals surface area contributed by atoms with Crippen LogP contribution < -0.4 is 5.11 Å². The van der Waals surface area contributed by atoms with Crippen LogP contribution in [-0.2, 0) is 31.5 Å². The third-order valence-electron chi connectivity index (χ3n) is 7.05. The Kier molecular flexibility index (Phi) is 5.91. The first-order valence-corrected chi connectivity index (χ1v) is 11.7. The number of nitrogens with zero attached hydrogens (tertiary/aromatic N) is 6. The molecule has 176 valence electrons. The Balaban J connectivity index is 1.49. The summed E-state index contributed by atoms with van der Waals surface area (Å²) in [5.74, 6) is -1.38. The number of carboxylic acids is 1. The van der Waals surface area contributed by atoms with Crippen LogP contribution in [0.1, 0.15) is 52.3 Å². The average Bonchev–Trinajstić information content (AvgIpc) is 3.35. The fourth-order valence-corrected chi connectivity index (χ4v) is 5.11. The van der Waals surface area contributed by atoms with Crippen molar-refractivity contribution in [2.45, 2.75) is 52.2 Å². The number of rotatable bonds is 6. The van der Waals surface area contributed by atoms with Gasteiger partial charge in [0.25, 0.3) is 0 Å². The van der Waals surface area contributed by atoms with Crippen molar-refractivity contribution in [3.05, 3.63) is 76.4 Å². The van der Waals surface area contributed by atoms with Gasteiger partial charge in [0.05, 0.1) is 17.5 Å². The van der Waals surface area contributed by atoms with Crippen LogP contribution >= 0.6 is 0 Å². The number of aromatic nitrogens is 5. The number of aryl methyl sites for hydroxylation is 4. The molecule has 4 aromatic rings. The van der Waals surface area contributed by atoms with E-state index >= 15 is 0 Å². The molecule has 34 heavy (non-hydrogen) atoms. The molecule has 0 aliphatic carbocycles. The van der Waals surface area contributed by atoms with Gasteiger partial charge in [0, 0.05) is 51.3 Å². The molecule has 1 aliphatic heterocycles. The van der Waals surface area contributed by atoms with E-state index in [9.17, 15) is 9.90 Å². The van der Waals surface area contributed by atoms with Crippen LogP contribution in [0, 0.1) is 13.8 Å². The number of hydrogen-bond donors (Lipinski definition) is 0. The molecule has 2 aromatic carbocycles. The minimum absolute atomic E-state index is 0.0853. The lowest BCUT2D eigenvalue weighted by atomic mass is 9.84. The topological polar surface area (TPSA) is 91.9 Å². The number of carbonyl (C=O) groups excluding carboxylic acids is 1. The van der Waals surface area contributed by atoms with Crippen LogP contribution in [0.2, 0.25) is 0 Å². The Bertz CT molecular complexity index is 1350. The second-order valence-corrected chi connectivity index (χ2v) is 9.32. The van der Waals surface area contributed by atoms with Gasteiger partial charge in [0.2, 0.25) is 0 Å². The standard InChI is InChI=1S/C26H30N6O2/c1-17-5-6-19(11-20(17)14-31-9-4-10-32-16-27-13-21(32)15-31)23(12-25(33)34)22-7-8-24-26(18(22)2)28-29-30(24)3/h5-8,11,13,16,23H,4,9-10,12,14-15H2,1-3H3,(H,33,34)/p-1. The summed E-state index contributed by atoms with van der Waals surface area (Å²) in [7, 11) is 1.86. The summed E-state index contributed by atoms with van der Waals surface area (Å²) in [6.07, 6.45) is 4.85. The van der Waals surface area contributed by atoms with Gasteiger partial charge >= 0.3 is 0 Å². The maximum atomic E-state index is 11.8. The van der Waals surface area contributed by atoms with Gasteiger partial charge in [-0.05, 0) is 60.6 Å². The summed E-state index contributed by atoms with van der Waals surface area (Å²) in [6, 6.07) is 10.3. The van der Waals surface area contributed by atoms with Crippen LogP contribution in [0.15, 0.2) is 42.9 Å². The summed E-state index contributed by atoms with van der Waals surface area (Å²) in [5, 5.41) is 20.2. The van der Waals surface area contributed by atoms with E-state index in [-0.39, 0.29) is 12.3 Å². The van der Waals surface area contributed by atoms with E-state index in [0.29, 0.717) is 0 Å². The van der Waals surface area contributed by atoms with Crippen LogP contribution in [-0.4, -0.2) is 42.0 Å². The van der Waals surface area contributed by atoms with E-state index in [0.717, 1.165) is 60.3 Å². The Morgan fingerprint density at radius 3 is 2.85 bits per heavy atom. The Morgan fingerprint density at radius 1 is 1.18 bits per heavy atom. The van der Waals surface area contributed by atoms with Crippen LogP contribution in [0.25, 0.3) is 11.0 Å². The normalized spacial score (nSPS) is 15.3. The van der Waals surface area contributed by atoms with Crippen molar-refractivity contribution >= 4 is 17.0 Å². The Labute approximate surface area is 198 Å². The van der Waals surface area contributed by atoms with Crippen molar-refractivity contribution in [1.82, 2.24) is 29.4 Å². The first kappa shape index (κ1) is 22.3. The first-order valence-electron chi connectivity index (χ1n) is 11.7. The third kappa shape index (κ3) is 4.21. The number of aliphatic carboxylic acids is 1. The zero-order chi connectivity index (χ0) is 23.8. The average molecular weight is 458 g/mol. The molecule has 1 unspecified atom stereocenters. The van der Waals surface area contributed by atoms with Gasteiger partial charge < -0.3 is 14.5 Å². The summed E-state index contributed by atoms with van der Waals surface area (Å²) >= 11 is 0. The van der Waals surface area contributed by atoms with E-state index < -0.39 is 5.97 Å². The lowest BCUT2D eigenvalue weighted by Crippen LogP contribution is -2.26. The molecular formula is C26H29N6O2-. The highest BCUT2D eigenvalue weighted by Crippen LogP contribution is 2.34. The van der Waals surface area contributed by atoms with Gasteiger partial charge in [-0.3, -0.25) is 4.90 Å². The SMILES string of the molecule is Cc1ccc(C(CC(=O)[O-])c2ccc3c(nnn3C)c2C)cc1CN1CCCn2cncc2C1. The second-order valence-electron chi connectivity index (χ2n) is 9.32. The number of imidazole rings is 1. The van der Waals surface area contributed by atoms with E-state index in [2.05, 4.69) is 43.8 Å². The van der Waals surface area contributed by atoms with Crippen LogP contribution in [0.4, 0.5) is 0 Å². The highest BCUT2D eigenvalue weighted by atomic mass is 16.4. The van der Waals surface area contributed by atoms with Gasteiger partial charge in [0.15, 0.2) is 0 Å². The summed E-state index contributed by atoms with van der Waals surface area (Å²) in [5.41, 5.74) is 8.27. The van der Waals surface area contributed by atoms with Gasteiger partial charge in [-0.1, -0.05) is 29.5 Å². The van der Waals surface area contributed by atoms with E-state index in [4.69, 9.17) is 0 Å². The molecule has 0 bridgehead atoms. The molecule has 0 saturated heterocycles. The van der Waals surface area contributed by atoms with Crippen molar-refractivity contribution in [3.63, 3.8) is 0 Å². The molecule has 8 nitrogen and oxygen atoms in total. The quantitative estimate of drug-likeness (QED) is 0.442. The molecule has 0 saturated carbocycles. The minimum Gasteiger partial charge on any atom is -0.550 e. The molecule has 0 fully saturated rings. The van der Waals surface area contributed by atoms with Gasteiger partial charge in [-0.25, -0.2) is 9.67 Å². The first-order chi connectivity index (χ1) is 16.4. The smallest absolute Gasteiger partial charge is 0.116 e. The summed E-state index contributed by atoms with van der Waals surface area (Å²) in [4.78, 5) is 18.5. The molecule has 1 atom stereocenters. The molecule has 0 radical (unpaired) electrons. The van der Waals surface area contributed by atoms with Crippen molar-refractivity contribution in [1.29, 1.82) is 0 Å². The van der Waals surface area contributed by atoms with Crippen molar-refractivity contribution in [2.24, 2.45) is 7.05 Å². The molecule has 3 heterocycles. The van der Waals surface area contributed by atoms with Crippen molar-refractivity contribution < 1.29 is 9.90 Å². The Hall–Kier alpha value is -3.52. The van der Waals surface area contributed by atoms with E-state index in [1.807, 2.05) is 44.7 Å². The maximum Gasteiger partial charge on any atom is 0.116 e. The molecule has 0 spiro atoms. The molecule has 1 aliphatic rings. The highest BCUT2D eigenvalue weighted by molar-refractivity contribution is 5.80. The molecule has 0 amide bonds. The fourth-order valence-electron chi connectivity index (χ4n) is 5.11.